The van der Waals surface area contributed by atoms with Crippen LogP contribution in [0, 0.1) is 5.92 Å². The third-order valence-electron chi connectivity index (χ3n) is 6.75. The van der Waals surface area contributed by atoms with Crippen LogP contribution in [0.2, 0.25) is 10.0 Å². The van der Waals surface area contributed by atoms with E-state index in [-0.39, 0.29) is 30.4 Å². The van der Waals surface area contributed by atoms with Crippen LogP contribution in [-0.4, -0.2) is 70.6 Å². The largest absolute Gasteiger partial charge is 0.486 e. The van der Waals surface area contributed by atoms with Crippen LogP contribution in [0.3, 0.4) is 0 Å². The average molecular weight is 572 g/mol. The molecule has 0 spiro atoms. The molecule has 3 atom stereocenters. The van der Waals surface area contributed by atoms with Gasteiger partial charge in [-0.1, -0.05) is 36.2 Å². The first-order chi connectivity index (χ1) is 18.7. The summed E-state index contributed by atoms with van der Waals surface area (Å²) < 4.78 is 6.57. The fraction of sp³-hybridized carbons (Fsp3) is 0.345. The first-order valence-corrected chi connectivity index (χ1v) is 13.5. The number of aliphatic hydroxyl groups excluding tert-OH is 1. The molecule has 1 aliphatic heterocycles. The van der Waals surface area contributed by atoms with E-state index >= 15 is 0 Å². The van der Waals surface area contributed by atoms with Gasteiger partial charge in [-0.15, -0.1) is 0 Å². The molecular formula is C29H32Cl2N4O4. The van der Waals surface area contributed by atoms with Crippen molar-refractivity contribution in [2.45, 2.75) is 32.5 Å². The zero-order valence-electron chi connectivity index (χ0n) is 22.1. The maximum atomic E-state index is 13.7. The Morgan fingerprint density at radius 2 is 1.90 bits per heavy atom. The molecule has 1 aliphatic rings. The van der Waals surface area contributed by atoms with E-state index in [1.165, 1.54) is 0 Å². The predicted octanol–water partition coefficient (Wildman–Crippen LogP) is 4.99. The van der Waals surface area contributed by atoms with Gasteiger partial charge in [-0.3, -0.25) is 19.5 Å². The number of likely N-dealkylation sites (N-methyl/N-ethyl adjacent to an activating group) is 1. The minimum Gasteiger partial charge on any atom is -0.486 e. The van der Waals surface area contributed by atoms with E-state index in [0.29, 0.717) is 52.2 Å². The van der Waals surface area contributed by atoms with Crippen LogP contribution in [0.25, 0.3) is 0 Å². The number of ether oxygens (including phenoxy) is 1. The van der Waals surface area contributed by atoms with E-state index < -0.39 is 6.04 Å². The van der Waals surface area contributed by atoms with Crippen molar-refractivity contribution in [3.63, 3.8) is 0 Å². The predicted molar refractivity (Wildman–Crippen MR) is 153 cm³/mol. The second-order valence-electron chi connectivity index (χ2n) is 9.97. The lowest BCUT2D eigenvalue weighted by atomic mass is 9.98. The van der Waals surface area contributed by atoms with Gasteiger partial charge in [0, 0.05) is 53.6 Å². The fourth-order valence-electron chi connectivity index (χ4n) is 4.64. The van der Waals surface area contributed by atoms with Crippen molar-refractivity contribution in [3.05, 3.63) is 87.7 Å². The molecule has 3 aromatic rings. The Labute approximate surface area is 238 Å². The number of carbonyl (C=O) groups is 2. The molecule has 206 valence electrons. The Bertz CT molecular complexity index is 1300. The number of aromatic nitrogens is 1. The number of benzene rings is 2. The quantitative estimate of drug-likeness (QED) is 0.396. The molecule has 2 N–H and O–H groups in total. The highest BCUT2D eigenvalue weighted by molar-refractivity contribution is 6.34. The number of aliphatic hydroxyl groups is 1. The minimum absolute atomic E-state index is 0.0922. The molecule has 10 heteroatoms. The number of fused-ring (bicyclic) bond motifs is 1. The van der Waals surface area contributed by atoms with Crippen LogP contribution >= 0.6 is 23.2 Å². The Balaban J connectivity index is 1.67. The van der Waals surface area contributed by atoms with Crippen molar-refractivity contribution in [3.8, 4) is 5.75 Å². The Kier molecular flexibility index (Phi) is 9.45. The fourth-order valence-corrected chi connectivity index (χ4v) is 5.21. The van der Waals surface area contributed by atoms with Crippen molar-refractivity contribution >= 4 is 40.7 Å². The summed E-state index contributed by atoms with van der Waals surface area (Å²) in [5, 5.41) is 13.9. The highest BCUT2D eigenvalue weighted by Gasteiger charge is 2.34. The molecule has 0 aliphatic carbocycles. The standard InChI is InChI=1S/C29H32Cl2N4O4/c1-18-14-35(19(2)17-36)29(38)24-5-4-6-25(33-28(37)21-7-9-32-10-8-21)27(24)39-26(18)16-34(3)15-20-11-22(30)13-23(31)12-20/h4-13,18-19,26,36H,14-17H2,1-3H3,(H,33,37)/t18-,19-,26+/m0/s1. The summed E-state index contributed by atoms with van der Waals surface area (Å²) in [7, 11) is 1.97. The number of pyridine rings is 1. The van der Waals surface area contributed by atoms with Crippen LogP contribution < -0.4 is 10.1 Å². The molecule has 0 bridgehead atoms. The maximum absolute atomic E-state index is 13.7. The smallest absolute Gasteiger partial charge is 0.258 e. The monoisotopic (exact) mass is 570 g/mol. The molecule has 2 aromatic carbocycles. The van der Waals surface area contributed by atoms with Crippen LogP contribution in [0.5, 0.6) is 5.75 Å². The Hall–Kier alpha value is -3.17. The highest BCUT2D eigenvalue weighted by atomic mass is 35.5. The molecular weight excluding hydrogens is 539 g/mol. The molecule has 4 rings (SSSR count). The number of halogens is 2. The van der Waals surface area contributed by atoms with Gasteiger partial charge in [-0.25, -0.2) is 0 Å². The van der Waals surface area contributed by atoms with Crippen LogP contribution in [0.4, 0.5) is 5.69 Å². The van der Waals surface area contributed by atoms with Gasteiger partial charge < -0.3 is 20.1 Å². The first-order valence-electron chi connectivity index (χ1n) is 12.7. The summed E-state index contributed by atoms with van der Waals surface area (Å²) >= 11 is 12.4. The molecule has 0 saturated heterocycles. The van der Waals surface area contributed by atoms with Gasteiger partial charge in [0.1, 0.15) is 6.10 Å². The van der Waals surface area contributed by atoms with Gasteiger partial charge in [0.05, 0.1) is 23.9 Å². The summed E-state index contributed by atoms with van der Waals surface area (Å²) in [5.74, 6) is -0.399. The lowest BCUT2D eigenvalue weighted by Crippen LogP contribution is -2.49. The van der Waals surface area contributed by atoms with Gasteiger partial charge in [0.15, 0.2) is 5.75 Å². The molecule has 0 fully saturated rings. The zero-order chi connectivity index (χ0) is 28.1. The second kappa shape index (κ2) is 12.8. The second-order valence-corrected chi connectivity index (χ2v) is 10.8. The van der Waals surface area contributed by atoms with E-state index in [1.807, 2.05) is 33.0 Å². The Morgan fingerprint density at radius 3 is 2.56 bits per heavy atom. The van der Waals surface area contributed by atoms with Crippen molar-refractivity contribution in [2.75, 3.05) is 32.1 Å². The number of hydrogen-bond donors (Lipinski definition) is 2. The van der Waals surface area contributed by atoms with E-state index in [1.54, 1.807) is 53.7 Å². The number of nitrogens with one attached hydrogen (secondary N) is 1. The van der Waals surface area contributed by atoms with E-state index in [2.05, 4.69) is 15.2 Å². The van der Waals surface area contributed by atoms with Gasteiger partial charge in [-0.2, -0.15) is 0 Å². The topological polar surface area (TPSA) is 95.0 Å². The van der Waals surface area contributed by atoms with Crippen LogP contribution in [0.15, 0.2) is 60.9 Å². The van der Waals surface area contributed by atoms with Crippen molar-refractivity contribution < 1.29 is 19.4 Å². The zero-order valence-corrected chi connectivity index (χ0v) is 23.6. The molecule has 1 aromatic heterocycles. The highest BCUT2D eigenvalue weighted by Crippen LogP contribution is 2.35. The van der Waals surface area contributed by atoms with Crippen LogP contribution in [-0.2, 0) is 6.54 Å². The number of hydrogen-bond acceptors (Lipinski definition) is 6. The minimum atomic E-state index is -0.395. The van der Waals surface area contributed by atoms with E-state index in [9.17, 15) is 14.7 Å². The van der Waals surface area contributed by atoms with Gasteiger partial charge in [-0.05, 0) is 62.0 Å². The summed E-state index contributed by atoms with van der Waals surface area (Å²) in [6, 6.07) is 13.4. The van der Waals surface area contributed by atoms with Gasteiger partial charge in [0.2, 0.25) is 0 Å². The van der Waals surface area contributed by atoms with Crippen molar-refractivity contribution in [1.29, 1.82) is 0 Å². The lowest BCUT2D eigenvalue weighted by molar-refractivity contribution is 0.0343. The van der Waals surface area contributed by atoms with Crippen LogP contribution in [0.1, 0.15) is 40.1 Å². The molecule has 2 heterocycles. The number of nitrogens with zero attached hydrogens (tertiary/aromatic N) is 3. The summed E-state index contributed by atoms with van der Waals surface area (Å²) in [5.41, 5.74) is 2.11. The van der Waals surface area contributed by atoms with Crippen molar-refractivity contribution in [1.82, 2.24) is 14.8 Å². The average Bonchev–Trinajstić information content (AvgIpc) is 2.90. The Morgan fingerprint density at radius 1 is 1.21 bits per heavy atom. The molecule has 2 amide bonds. The number of amides is 2. The summed E-state index contributed by atoms with van der Waals surface area (Å²) in [6.07, 6.45) is 2.74. The number of rotatable bonds is 8. The maximum Gasteiger partial charge on any atom is 0.258 e. The summed E-state index contributed by atoms with van der Waals surface area (Å²) in [4.78, 5) is 34.4. The molecule has 0 unspecified atom stereocenters. The number of para-hydroxylation sites is 1. The van der Waals surface area contributed by atoms with Crippen molar-refractivity contribution in [2.24, 2.45) is 5.92 Å². The molecule has 8 nitrogen and oxygen atoms in total. The first kappa shape index (κ1) is 28.8. The third-order valence-corrected chi connectivity index (χ3v) is 7.18. The van der Waals surface area contributed by atoms with Gasteiger partial charge in [0.25, 0.3) is 11.8 Å². The number of anilines is 1. The molecule has 39 heavy (non-hydrogen) atoms. The molecule has 0 saturated carbocycles. The SMILES string of the molecule is C[C@H]1CN([C@@H](C)CO)C(=O)c2cccc(NC(=O)c3ccncc3)c2O[C@@H]1CN(C)Cc1cc(Cl)cc(Cl)c1. The van der Waals surface area contributed by atoms with Gasteiger partial charge >= 0.3 is 0 Å². The lowest BCUT2D eigenvalue weighted by Gasteiger charge is -2.38. The normalized spacial score (nSPS) is 18.1. The van der Waals surface area contributed by atoms with E-state index in [4.69, 9.17) is 27.9 Å². The van der Waals surface area contributed by atoms with E-state index in [0.717, 1.165) is 5.56 Å². The third kappa shape index (κ3) is 7.08. The number of carbonyl (C=O) groups excluding carboxylic acids is 2. The summed E-state index contributed by atoms with van der Waals surface area (Å²) in [6.45, 7) is 5.15. The molecule has 0 radical (unpaired) electrons.